The van der Waals surface area contributed by atoms with Gasteiger partial charge in [0.2, 0.25) is 0 Å². The minimum absolute atomic E-state index is 0.157. The monoisotopic (exact) mass is 290 g/mol. The van der Waals surface area contributed by atoms with Crippen LogP contribution in [0.2, 0.25) is 5.02 Å². The quantitative estimate of drug-likeness (QED) is 0.854. The van der Waals surface area contributed by atoms with Gasteiger partial charge in [-0.3, -0.25) is 4.79 Å². The van der Waals surface area contributed by atoms with Crippen molar-refractivity contribution < 1.29 is 9.90 Å². The molecule has 0 saturated heterocycles. The van der Waals surface area contributed by atoms with E-state index in [2.05, 4.69) is 0 Å². The molecule has 0 radical (unpaired) electrons. The van der Waals surface area contributed by atoms with Crippen LogP contribution in [0.15, 0.2) is 42.5 Å². The van der Waals surface area contributed by atoms with Gasteiger partial charge in [-0.2, -0.15) is 0 Å². The van der Waals surface area contributed by atoms with Gasteiger partial charge in [0.05, 0.1) is 10.7 Å². The maximum Gasteiger partial charge on any atom is 0.253 e. The number of hydrogen-bond donors (Lipinski definition) is 2. The van der Waals surface area contributed by atoms with Crippen molar-refractivity contribution in [1.82, 2.24) is 4.90 Å². The Morgan fingerprint density at radius 3 is 2.70 bits per heavy atom. The number of phenolic OH excluding ortho intramolecular Hbond substituents is 1. The summed E-state index contributed by atoms with van der Waals surface area (Å²) in [5, 5.41) is 9.78. The second kappa shape index (κ2) is 5.84. The zero-order valence-electron chi connectivity index (χ0n) is 11.0. The Labute approximate surface area is 122 Å². The fraction of sp³-hybridized carbons (Fsp3) is 0.133. The van der Waals surface area contributed by atoms with E-state index < -0.39 is 0 Å². The highest BCUT2D eigenvalue weighted by molar-refractivity contribution is 6.33. The highest BCUT2D eigenvalue weighted by Crippen LogP contribution is 2.21. The molecule has 0 bridgehead atoms. The van der Waals surface area contributed by atoms with Crippen LogP contribution >= 0.6 is 11.6 Å². The number of hydrogen-bond acceptors (Lipinski definition) is 3. The number of rotatable bonds is 3. The molecule has 104 valence electrons. The average molecular weight is 291 g/mol. The Morgan fingerprint density at radius 2 is 2.05 bits per heavy atom. The molecule has 0 aromatic heterocycles. The van der Waals surface area contributed by atoms with Crippen LogP contribution in [0.5, 0.6) is 5.75 Å². The Balaban J connectivity index is 2.14. The van der Waals surface area contributed by atoms with Gasteiger partial charge in [0.15, 0.2) is 0 Å². The predicted molar refractivity (Wildman–Crippen MR) is 79.8 cm³/mol. The Hall–Kier alpha value is -2.20. The molecule has 0 saturated carbocycles. The summed E-state index contributed by atoms with van der Waals surface area (Å²) in [6, 6.07) is 11.6. The van der Waals surface area contributed by atoms with Gasteiger partial charge in [0.25, 0.3) is 5.91 Å². The first-order valence-electron chi connectivity index (χ1n) is 6.06. The van der Waals surface area contributed by atoms with Gasteiger partial charge < -0.3 is 15.7 Å². The fourth-order valence-corrected chi connectivity index (χ4v) is 2.06. The third-order valence-corrected chi connectivity index (χ3v) is 3.25. The number of nitrogens with zero attached hydrogens (tertiary/aromatic N) is 1. The van der Waals surface area contributed by atoms with Crippen molar-refractivity contribution in [3.05, 3.63) is 58.6 Å². The molecular formula is C15H15ClN2O2. The molecule has 0 spiro atoms. The number of benzene rings is 2. The average Bonchev–Trinajstić information content (AvgIpc) is 2.41. The van der Waals surface area contributed by atoms with E-state index in [-0.39, 0.29) is 11.7 Å². The van der Waals surface area contributed by atoms with E-state index >= 15 is 0 Å². The van der Waals surface area contributed by atoms with Crippen LogP contribution in [0.3, 0.4) is 0 Å². The lowest BCUT2D eigenvalue weighted by Crippen LogP contribution is -2.26. The number of phenols is 1. The van der Waals surface area contributed by atoms with Crippen molar-refractivity contribution in [3.8, 4) is 5.75 Å². The van der Waals surface area contributed by atoms with Crippen molar-refractivity contribution in [2.45, 2.75) is 6.54 Å². The summed E-state index contributed by atoms with van der Waals surface area (Å²) in [7, 11) is 1.69. The van der Waals surface area contributed by atoms with Crippen molar-refractivity contribution >= 4 is 23.2 Å². The van der Waals surface area contributed by atoms with E-state index in [0.717, 1.165) is 5.56 Å². The number of halogens is 1. The number of amides is 1. The second-order valence-electron chi connectivity index (χ2n) is 4.57. The molecule has 3 N–H and O–H groups in total. The molecule has 0 aliphatic heterocycles. The Bertz CT molecular complexity index is 644. The van der Waals surface area contributed by atoms with Gasteiger partial charge in [-0.15, -0.1) is 0 Å². The molecule has 2 rings (SSSR count). The maximum atomic E-state index is 12.3. The molecule has 0 unspecified atom stereocenters. The number of carbonyl (C=O) groups is 1. The van der Waals surface area contributed by atoms with Crippen molar-refractivity contribution in [2.75, 3.05) is 12.8 Å². The first-order chi connectivity index (χ1) is 9.47. The summed E-state index contributed by atoms with van der Waals surface area (Å²) in [5.41, 5.74) is 7.39. The minimum Gasteiger partial charge on any atom is -0.508 e. The maximum absolute atomic E-state index is 12.3. The normalized spacial score (nSPS) is 10.3. The van der Waals surface area contributed by atoms with Gasteiger partial charge in [-0.25, -0.2) is 0 Å². The van der Waals surface area contributed by atoms with E-state index in [1.165, 1.54) is 0 Å². The smallest absolute Gasteiger partial charge is 0.253 e. The second-order valence-corrected chi connectivity index (χ2v) is 4.97. The summed E-state index contributed by atoms with van der Waals surface area (Å²) in [6.45, 7) is 0.398. The molecular weight excluding hydrogens is 276 g/mol. The molecule has 5 heteroatoms. The van der Waals surface area contributed by atoms with Crippen LogP contribution < -0.4 is 5.73 Å². The topological polar surface area (TPSA) is 66.6 Å². The van der Waals surface area contributed by atoms with Crippen LogP contribution in [0, 0.1) is 0 Å². The first-order valence-corrected chi connectivity index (χ1v) is 6.43. The number of nitrogens with two attached hydrogens (primary N) is 1. The zero-order valence-corrected chi connectivity index (χ0v) is 11.8. The highest BCUT2D eigenvalue weighted by atomic mass is 35.5. The van der Waals surface area contributed by atoms with E-state index in [9.17, 15) is 9.90 Å². The highest BCUT2D eigenvalue weighted by Gasteiger charge is 2.13. The molecule has 20 heavy (non-hydrogen) atoms. The summed E-state index contributed by atoms with van der Waals surface area (Å²) in [6.07, 6.45) is 0. The van der Waals surface area contributed by atoms with Crippen molar-refractivity contribution in [2.24, 2.45) is 0 Å². The number of nitrogen functional groups attached to an aromatic ring is 1. The lowest BCUT2D eigenvalue weighted by Gasteiger charge is -2.17. The Morgan fingerprint density at radius 1 is 1.30 bits per heavy atom. The number of anilines is 1. The predicted octanol–water partition coefficient (Wildman–Crippen LogP) is 2.90. The van der Waals surface area contributed by atoms with Crippen molar-refractivity contribution in [1.29, 1.82) is 0 Å². The lowest BCUT2D eigenvalue weighted by atomic mass is 10.1. The van der Waals surface area contributed by atoms with E-state index in [1.807, 2.05) is 6.07 Å². The van der Waals surface area contributed by atoms with Gasteiger partial charge in [-0.05, 0) is 35.9 Å². The van der Waals surface area contributed by atoms with E-state index in [1.54, 1.807) is 48.3 Å². The van der Waals surface area contributed by atoms with Gasteiger partial charge in [0.1, 0.15) is 5.75 Å². The van der Waals surface area contributed by atoms with Crippen LogP contribution in [-0.4, -0.2) is 23.0 Å². The van der Waals surface area contributed by atoms with E-state index in [0.29, 0.717) is 22.8 Å². The number of carbonyl (C=O) groups excluding carboxylic acids is 1. The molecule has 1 amide bonds. The van der Waals surface area contributed by atoms with Crippen LogP contribution in [0.4, 0.5) is 5.69 Å². The summed E-state index contributed by atoms with van der Waals surface area (Å²) < 4.78 is 0. The molecule has 2 aromatic carbocycles. The van der Waals surface area contributed by atoms with Gasteiger partial charge >= 0.3 is 0 Å². The van der Waals surface area contributed by atoms with Gasteiger partial charge in [-0.1, -0.05) is 23.7 Å². The molecule has 0 fully saturated rings. The third-order valence-electron chi connectivity index (χ3n) is 2.92. The lowest BCUT2D eigenvalue weighted by molar-refractivity contribution is 0.0785. The van der Waals surface area contributed by atoms with Gasteiger partial charge in [0, 0.05) is 19.2 Å². The largest absolute Gasteiger partial charge is 0.508 e. The number of aromatic hydroxyl groups is 1. The molecule has 0 aliphatic rings. The zero-order chi connectivity index (χ0) is 14.7. The SMILES string of the molecule is CN(Cc1cccc(O)c1)C(=O)c1ccc(N)c(Cl)c1. The summed E-state index contributed by atoms with van der Waals surface area (Å²) in [5.74, 6) is 0.0223. The van der Waals surface area contributed by atoms with Crippen LogP contribution in [0.25, 0.3) is 0 Å². The summed E-state index contributed by atoms with van der Waals surface area (Å²) in [4.78, 5) is 13.8. The van der Waals surface area contributed by atoms with Crippen LogP contribution in [-0.2, 0) is 6.54 Å². The summed E-state index contributed by atoms with van der Waals surface area (Å²) >= 11 is 5.91. The molecule has 0 aliphatic carbocycles. The van der Waals surface area contributed by atoms with Crippen molar-refractivity contribution in [3.63, 3.8) is 0 Å². The third kappa shape index (κ3) is 3.22. The Kier molecular flexibility index (Phi) is 4.15. The molecule has 0 atom stereocenters. The standard InChI is InChI=1S/C15H15ClN2O2/c1-18(9-10-3-2-4-12(19)7-10)15(20)11-5-6-14(17)13(16)8-11/h2-8,19H,9,17H2,1H3. The molecule has 4 nitrogen and oxygen atoms in total. The van der Waals surface area contributed by atoms with E-state index in [4.69, 9.17) is 17.3 Å². The minimum atomic E-state index is -0.157. The first kappa shape index (κ1) is 14.2. The molecule has 2 aromatic rings. The van der Waals surface area contributed by atoms with Crippen LogP contribution in [0.1, 0.15) is 15.9 Å². The fourth-order valence-electron chi connectivity index (χ4n) is 1.88. The molecule has 0 heterocycles.